The standard InChI is InChI=1S/C21H23FN8O/c1-11-7-29(8-12(2)23-11)17-5-4-15(18-19(17)27-28-26-18)21(31)25-14-6-16(22)20-24-13(3)9-30(20)10-14/h4-6,9-12,23H,7-8H2,1-3H3,(H,25,31)(H,26,27,28)/t11-,12+. The van der Waals surface area contributed by atoms with Crippen LogP contribution in [0.3, 0.4) is 0 Å². The molecule has 1 aliphatic heterocycles. The van der Waals surface area contributed by atoms with Crippen LogP contribution >= 0.6 is 0 Å². The van der Waals surface area contributed by atoms with Gasteiger partial charge in [-0.25, -0.2) is 9.37 Å². The third kappa shape index (κ3) is 3.48. The Morgan fingerprint density at radius 3 is 2.68 bits per heavy atom. The molecule has 5 rings (SSSR count). The molecule has 0 radical (unpaired) electrons. The number of fused-ring (bicyclic) bond motifs is 2. The lowest BCUT2D eigenvalue weighted by Gasteiger charge is -2.37. The molecule has 3 aromatic heterocycles. The van der Waals surface area contributed by atoms with Crippen LogP contribution < -0.4 is 15.5 Å². The van der Waals surface area contributed by atoms with Gasteiger partial charge in [-0.1, -0.05) is 0 Å². The Bertz CT molecular complexity index is 1290. The number of H-pyrrole nitrogens is 1. The first-order valence-corrected chi connectivity index (χ1v) is 10.2. The zero-order valence-corrected chi connectivity index (χ0v) is 17.5. The number of benzene rings is 1. The summed E-state index contributed by atoms with van der Waals surface area (Å²) < 4.78 is 15.9. The lowest BCUT2D eigenvalue weighted by atomic mass is 10.1. The van der Waals surface area contributed by atoms with Crippen molar-refractivity contribution < 1.29 is 9.18 Å². The summed E-state index contributed by atoms with van der Waals surface area (Å²) in [5.41, 5.74) is 3.66. The van der Waals surface area contributed by atoms with Crippen LogP contribution in [0.5, 0.6) is 0 Å². The second-order valence-electron chi connectivity index (χ2n) is 8.17. The first kappa shape index (κ1) is 19.4. The third-order valence-corrected chi connectivity index (χ3v) is 5.48. The van der Waals surface area contributed by atoms with Crippen molar-refractivity contribution >= 4 is 34.0 Å². The van der Waals surface area contributed by atoms with Crippen LogP contribution in [-0.4, -0.2) is 55.9 Å². The molecule has 4 heterocycles. The van der Waals surface area contributed by atoms with Crippen LogP contribution in [0.2, 0.25) is 0 Å². The van der Waals surface area contributed by atoms with E-state index in [0.717, 1.165) is 18.8 Å². The van der Waals surface area contributed by atoms with Crippen LogP contribution in [-0.2, 0) is 0 Å². The summed E-state index contributed by atoms with van der Waals surface area (Å²) >= 11 is 0. The number of piperazine rings is 1. The van der Waals surface area contributed by atoms with Crippen LogP contribution in [0.4, 0.5) is 15.8 Å². The molecule has 2 atom stereocenters. The van der Waals surface area contributed by atoms with Gasteiger partial charge < -0.3 is 19.9 Å². The van der Waals surface area contributed by atoms with Crippen molar-refractivity contribution in [3.8, 4) is 0 Å². The van der Waals surface area contributed by atoms with Gasteiger partial charge in [0, 0.05) is 43.6 Å². The minimum atomic E-state index is -0.505. The Balaban J connectivity index is 1.47. The fraction of sp³-hybridized carbons (Fsp3) is 0.333. The molecule has 0 spiro atoms. The molecule has 4 aromatic rings. The van der Waals surface area contributed by atoms with E-state index in [1.165, 1.54) is 6.07 Å². The van der Waals surface area contributed by atoms with E-state index in [0.29, 0.717) is 40.1 Å². The lowest BCUT2D eigenvalue weighted by Crippen LogP contribution is -2.54. The van der Waals surface area contributed by atoms with Crippen molar-refractivity contribution in [3.63, 3.8) is 0 Å². The maximum absolute atomic E-state index is 14.4. The van der Waals surface area contributed by atoms with E-state index in [9.17, 15) is 9.18 Å². The summed E-state index contributed by atoms with van der Waals surface area (Å²) in [6.07, 6.45) is 3.34. The van der Waals surface area contributed by atoms with Crippen molar-refractivity contribution in [2.24, 2.45) is 0 Å². The zero-order chi connectivity index (χ0) is 21.7. The van der Waals surface area contributed by atoms with Crippen molar-refractivity contribution in [1.29, 1.82) is 0 Å². The number of amides is 1. The molecule has 1 aliphatic rings. The number of aromatic amines is 1. The van der Waals surface area contributed by atoms with E-state index in [1.807, 2.05) is 6.07 Å². The minimum absolute atomic E-state index is 0.221. The molecule has 160 valence electrons. The largest absolute Gasteiger partial charge is 0.367 e. The van der Waals surface area contributed by atoms with E-state index in [2.05, 4.69) is 49.8 Å². The number of aromatic nitrogens is 5. The van der Waals surface area contributed by atoms with Crippen molar-refractivity contribution in [1.82, 2.24) is 30.1 Å². The number of pyridine rings is 1. The molecule has 0 saturated carbocycles. The Morgan fingerprint density at radius 2 is 1.90 bits per heavy atom. The molecule has 0 bridgehead atoms. The Kier molecular flexibility index (Phi) is 4.58. The summed E-state index contributed by atoms with van der Waals surface area (Å²) in [6.45, 7) is 7.74. The van der Waals surface area contributed by atoms with Crippen molar-refractivity contribution in [2.75, 3.05) is 23.3 Å². The maximum Gasteiger partial charge on any atom is 0.258 e. The summed E-state index contributed by atoms with van der Waals surface area (Å²) in [6, 6.07) is 5.57. The molecule has 9 nitrogen and oxygen atoms in total. The van der Waals surface area contributed by atoms with Gasteiger partial charge in [-0.15, -0.1) is 0 Å². The van der Waals surface area contributed by atoms with E-state index < -0.39 is 5.82 Å². The predicted octanol–water partition coefficient (Wildman–Crippen LogP) is 2.49. The van der Waals surface area contributed by atoms with Gasteiger partial charge in [0.25, 0.3) is 5.91 Å². The number of carbonyl (C=O) groups is 1. The fourth-order valence-electron chi connectivity index (χ4n) is 4.33. The Morgan fingerprint density at radius 1 is 1.16 bits per heavy atom. The lowest BCUT2D eigenvalue weighted by molar-refractivity contribution is 0.102. The molecule has 31 heavy (non-hydrogen) atoms. The van der Waals surface area contributed by atoms with Crippen LogP contribution in [0, 0.1) is 12.7 Å². The summed E-state index contributed by atoms with van der Waals surface area (Å²) in [7, 11) is 0. The average Bonchev–Trinajstić information content (AvgIpc) is 3.33. The molecule has 10 heteroatoms. The zero-order valence-electron chi connectivity index (χ0n) is 17.5. The Hall–Kier alpha value is -3.53. The summed E-state index contributed by atoms with van der Waals surface area (Å²) in [5.74, 6) is -0.891. The number of rotatable bonds is 3. The molecular formula is C21H23FN8O. The van der Waals surface area contributed by atoms with E-state index in [1.54, 1.807) is 29.8 Å². The quantitative estimate of drug-likeness (QED) is 0.469. The normalized spacial score (nSPS) is 19.3. The van der Waals surface area contributed by atoms with Crippen molar-refractivity contribution in [3.05, 3.63) is 47.7 Å². The van der Waals surface area contributed by atoms with E-state index >= 15 is 0 Å². The van der Waals surface area contributed by atoms with Gasteiger partial charge >= 0.3 is 0 Å². The highest BCUT2D eigenvalue weighted by molar-refractivity contribution is 6.13. The van der Waals surface area contributed by atoms with Gasteiger partial charge in [-0.05, 0) is 32.9 Å². The smallest absolute Gasteiger partial charge is 0.258 e. The third-order valence-electron chi connectivity index (χ3n) is 5.48. The van der Waals surface area contributed by atoms with Crippen LogP contribution in [0.15, 0.2) is 30.6 Å². The molecule has 0 unspecified atom stereocenters. The number of hydrogen-bond donors (Lipinski definition) is 3. The highest BCUT2D eigenvalue weighted by Gasteiger charge is 2.25. The van der Waals surface area contributed by atoms with Crippen LogP contribution in [0.1, 0.15) is 29.9 Å². The summed E-state index contributed by atoms with van der Waals surface area (Å²) in [5, 5.41) is 17.4. The molecule has 3 N–H and O–H groups in total. The number of halogens is 1. The molecule has 1 amide bonds. The average molecular weight is 422 g/mol. The molecule has 0 aliphatic carbocycles. The van der Waals surface area contributed by atoms with Gasteiger partial charge in [0.2, 0.25) is 0 Å². The maximum atomic E-state index is 14.4. The van der Waals surface area contributed by atoms with Gasteiger partial charge in [-0.3, -0.25) is 4.79 Å². The highest BCUT2D eigenvalue weighted by Crippen LogP contribution is 2.28. The van der Waals surface area contributed by atoms with Crippen LogP contribution in [0.25, 0.3) is 16.7 Å². The van der Waals surface area contributed by atoms with Gasteiger partial charge in [0.15, 0.2) is 11.5 Å². The highest BCUT2D eigenvalue weighted by atomic mass is 19.1. The number of imidazole rings is 1. The molecule has 1 saturated heterocycles. The van der Waals surface area contributed by atoms with E-state index in [4.69, 9.17) is 0 Å². The molecular weight excluding hydrogens is 399 g/mol. The predicted molar refractivity (Wildman–Crippen MR) is 116 cm³/mol. The van der Waals surface area contributed by atoms with Gasteiger partial charge in [0.1, 0.15) is 11.0 Å². The first-order chi connectivity index (χ1) is 14.9. The SMILES string of the molecule is Cc1cn2cc(NC(=O)c3ccc(N4C[C@@H](C)N[C@@H](C)C4)c4n[nH]nc34)cc(F)c2n1. The topological polar surface area (TPSA) is 103 Å². The number of aryl methyl sites for hydroxylation is 1. The number of nitrogens with zero attached hydrogens (tertiary/aromatic N) is 5. The number of anilines is 2. The monoisotopic (exact) mass is 422 g/mol. The van der Waals surface area contributed by atoms with Gasteiger partial charge in [-0.2, -0.15) is 15.4 Å². The van der Waals surface area contributed by atoms with Crippen molar-refractivity contribution in [2.45, 2.75) is 32.9 Å². The second kappa shape index (κ2) is 7.31. The Labute approximate surface area is 177 Å². The van der Waals surface area contributed by atoms with E-state index in [-0.39, 0.29) is 11.6 Å². The number of carbonyl (C=O) groups excluding carboxylic acids is 1. The minimum Gasteiger partial charge on any atom is -0.367 e. The second-order valence-corrected chi connectivity index (χ2v) is 8.17. The number of nitrogens with one attached hydrogen (secondary N) is 3. The number of hydrogen-bond acceptors (Lipinski definition) is 6. The first-order valence-electron chi connectivity index (χ1n) is 10.2. The van der Waals surface area contributed by atoms with Gasteiger partial charge in [0.05, 0.1) is 22.6 Å². The summed E-state index contributed by atoms with van der Waals surface area (Å²) in [4.78, 5) is 19.4. The molecule has 1 fully saturated rings. The fourth-order valence-corrected chi connectivity index (χ4v) is 4.33. The molecule has 1 aromatic carbocycles.